The number of nitrogens with zero attached hydrogens (tertiary/aromatic N) is 1. The highest BCUT2D eigenvalue weighted by Gasteiger charge is 2.04. The number of aromatic nitrogens is 1. The second-order valence-corrected chi connectivity index (χ2v) is 5.16. The van der Waals surface area contributed by atoms with Gasteiger partial charge in [0.15, 0.2) is 5.15 Å². The van der Waals surface area contributed by atoms with Crippen molar-refractivity contribution in [2.24, 2.45) is 0 Å². The van der Waals surface area contributed by atoms with Crippen molar-refractivity contribution in [2.45, 2.75) is 23.3 Å². The highest BCUT2D eigenvalue weighted by molar-refractivity contribution is 8.01. The Morgan fingerprint density at radius 3 is 2.80 bits per heavy atom. The molecular weight excluding hydrogens is 186 g/mol. The van der Waals surface area contributed by atoms with Crippen LogP contribution in [-0.4, -0.2) is 10.2 Å². The van der Waals surface area contributed by atoms with E-state index in [-0.39, 0.29) is 0 Å². The second-order valence-electron chi connectivity index (χ2n) is 2.10. The van der Waals surface area contributed by atoms with Crippen molar-refractivity contribution < 1.29 is 0 Å². The van der Waals surface area contributed by atoms with Crippen LogP contribution in [-0.2, 0) is 0 Å². The van der Waals surface area contributed by atoms with Crippen LogP contribution in [0.1, 0.15) is 13.8 Å². The summed E-state index contributed by atoms with van der Waals surface area (Å²) in [5.41, 5.74) is 1.77. The summed E-state index contributed by atoms with van der Waals surface area (Å²) in [5, 5.41) is 1.22. The van der Waals surface area contributed by atoms with E-state index in [0.29, 0.717) is 10.4 Å². The summed E-state index contributed by atoms with van der Waals surface area (Å²) < 4.78 is 1.12. The Morgan fingerprint density at radius 2 is 2.40 bits per heavy atom. The molecule has 0 unspecified atom stereocenters. The SMILES string of the molecule is CC(C)Sc1scnc1Cl. The Kier molecular flexibility index (Phi) is 3.01. The van der Waals surface area contributed by atoms with Crippen molar-refractivity contribution in [3.8, 4) is 0 Å². The lowest BCUT2D eigenvalue weighted by molar-refractivity contribution is 1.11. The molecule has 1 aromatic rings. The zero-order valence-corrected chi connectivity index (χ0v) is 8.19. The van der Waals surface area contributed by atoms with Crippen molar-refractivity contribution in [3.63, 3.8) is 0 Å². The van der Waals surface area contributed by atoms with E-state index in [1.807, 2.05) is 0 Å². The van der Waals surface area contributed by atoms with Gasteiger partial charge in [-0.25, -0.2) is 4.98 Å². The summed E-state index contributed by atoms with van der Waals surface area (Å²) in [6.07, 6.45) is 0. The number of thioether (sulfide) groups is 1. The molecule has 1 aromatic heterocycles. The van der Waals surface area contributed by atoms with Gasteiger partial charge in [-0.05, 0) is 0 Å². The minimum atomic E-state index is 0.581. The maximum Gasteiger partial charge on any atom is 0.153 e. The minimum absolute atomic E-state index is 0.581. The van der Waals surface area contributed by atoms with Crippen molar-refractivity contribution in [3.05, 3.63) is 10.7 Å². The molecule has 0 spiro atoms. The summed E-state index contributed by atoms with van der Waals surface area (Å²) >= 11 is 9.12. The van der Waals surface area contributed by atoms with E-state index in [4.69, 9.17) is 11.6 Å². The quantitative estimate of drug-likeness (QED) is 0.669. The van der Waals surface area contributed by atoms with Crippen LogP contribution in [0.4, 0.5) is 0 Å². The Morgan fingerprint density at radius 1 is 1.70 bits per heavy atom. The third-order valence-electron chi connectivity index (χ3n) is 0.837. The van der Waals surface area contributed by atoms with E-state index in [1.54, 1.807) is 28.6 Å². The van der Waals surface area contributed by atoms with Crippen LogP contribution >= 0.6 is 34.7 Å². The van der Waals surface area contributed by atoms with E-state index < -0.39 is 0 Å². The maximum absolute atomic E-state index is 5.76. The zero-order valence-electron chi connectivity index (χ0n) is 5.80. The van der Waals surface area contributed by atoms with Crippen molar-refractivity contribution >= 4 is 34.7 Å². The van der Waals surface area contributed by atoms with Crippen LogP contribution in [0.5, 0.6) is 0 Å². The van der Waals surface area contributed by atoms with Crippen LogP contribution in [0.2, 0.25) is 5.15 Å². The molecule has 0 atom stereocenters. The van der Waals surface area contributed by atoms with Gasteiger partial charge in [0, 0.05) is 5.25 Å². The number of rotatable bonds is 2. The molecule has 0 saturated heterocycles. The topological polar surface area (TPSA) is 12.9 Å². The van der Waals surface area contributed by atoms with E-state index in [9.17, 15) is 0 Å². The number of thiazole rings is 1. The molecule has 0 bridgehead atoms. The third-order valence-corrected chi connectivity index (χ3v) is 3.42. The first kappa shape index (κ1) is 8.37. The van der Waals surface area contributed by atoms with E-state index in [0.717, 1.165) is 4.21 Å². The lowest BCUT2D eigenvalue weighted by Gasteiger charge is -1.99. The molecule has 0 aliphatic carbocycles. The monoisotopic (exact) mass is 193 g/mol. The molecule has 0 aliphatic heterocycles. The van der Waals surface area contributed by atoms with Gasteiger partial charge in [-0.1, -0.05) is 25.4 Å². The maximum atomic E-state index is 5.76. The van der Waals surface area contributed by atoms with Gasteiger partial charge in [-0.15, -0.1) is 23.1 Å². The van der Waals surface area contributed by atoms with Crippen LogP contribution < -0.4 is 0 Å². The Bertz CT molecular complexity index is 209. The van der Waals surface area contributed by atoms with Crippen LogP contribution in [0, 0.1) is 0 Å². The molecule has 0 aliphatic rings. The molecule has 1 rings (SSSR count). The highest BCUT2D eigenvalue weighted by Crippen LogP contribution is 2.32. The standard InChI is InChI=1S/C6H8ClNS2/c1-4(2)10-6-5(7)8-3-9-6/h3-4H,1-2H3. The summed E-state index contributed by atoms with van der Waals surface area (Å²) in [4.78, 5) is 3.93. The van der Waals surface area contributed by atoms with Gasteiger partial charge in [-0.2, -0.15) is 0 Å². The predicted molar refractivity (Wildman–Crippen MR) is 48.1 cm³/mol. The van der Waals surface area contributed by atoms with E-state index in [2.05, 4.69) is 18.8 Å². The van der Waals surface area contributed by atoms with Crippen molar-refractivity contribution in [2.75, 3.05) is 0 Å². The van der Waals surface area contributed by atoms with Crippen molar-refractivity contribution in [1.82, 2.24) is 4.98 Å². The van der Waals surface area contributed by atoms with Crippen LogP contribution in [0.3, 0.4) is 0 Å². The number of hydrogen-bond acceptors (Lipinski definition) is 3. The first-order valence-electron chi connectivity index (χ1n) is 2.96. The molecule has 1 nitrogen and oxygen atoms in total. The summed E-state index contributed by atoms with van der Waals surface area (Å²) in [6.45, 7) is 4.28. The molecule has 0 amide bonds. The number of hydrogen-bond donors (Lipinski definition) is 0. The average Bonchev–Trinajstić information content (AvgIpc) is 2.15. The van der Waals surface area contributed by atoms with Gasteiger partial charge >= 0.3 is 0 Å². The zero-order chi connectivity index (χ0) is 7.56. The number of halogens is 1. The highest BCUT2D eigenvalue weighted by atomic mass is 35.5. The van der Waals surface area contributed by atoms with E-state index >= 15 is 0 Å². The van der Waals surface area contributed by atoms with Gasteiger partial charge < -0.3 is 0 Å². The summed E-state index contributed by atoms with van der Waals surface area (Å²) in [5.74, 6) is 0. The molecule has 0 N–H and O–H groups in total. The first-order valence-corrected chi connectivity index (χ1v) is 5.09. The Balaban J connectivity index is 2.65. The Labute approximate surface area is 73.8 Å². The molecule has 10 heavy (non-hydrogen) atoms. The van der Waals surface area contributed by atoms with Gasteiger partial charge in [0.1, 0.15) is 0 Å². The molecule has 0 saturated carbocycles. The summed E-state index contributed by atoms with van der Waals surface area (Å²) in [7, 11) is 0. The van der Waals surface area contributed by atoms with Gasteiger partial charge in [0.05, 0.1) is 9.72 Å². The fourth-order valence-corrected chi connectivity index (χ4v) is 2.80. The minimum Gasteiger partial charge on any atom is -0.232 e. The predicted octanol–water partition coefficient (Wildman–Crippen LogP) is 3.30. The molecular formula is C6H8ClNS2. The van der Waals surface area contributed by atoms with Crippen LogP contribution in [0.15, 0.2) is 9.72 Å². The molecule has 0 radical (unpaired) electrons. The lowest BCUT2D eigenvalue weighted by Crippen LogP contribution is -1.83. The molecule has 0 aromatic carbocycles. The average molecular weight is 194 g/mol. The fourth-order valence-electron chi connectivity index (χ4n) is 0.512. The largest absolute Gasteiger partial charge is 0.232 e. The summed E-state index contributed by atoms with van der Waals surface area (Å²) in [6, 6.07) is 0. The fraction of sp³-hybridized carbons (Fsp3) is 0.500. The lowest BCUT2D eigenvalue weighted by atomic mass is 10.6. The van der Waals surface area contributed by atoms with Gasteiger partial charge in [0.2, 0.25) is 0 Å². The molecule has 1 heterocycles. The molecule has 0 fully saturated rings. The molecule has 56 valence electrons. The van der Waals surface area contributed by atoms with Crippen LogP contribution in [0.25, 0.3) is 0 Å². The normalized spacial score (nSPS) is 10.8. The van der Waals surface area contributed by atoms with Crippen molar-refractivity contribution in [1.29, 1.82) is 0 Å². The smallest absolute Gasteiger partial charge is 0.153 e. The third kappa shape index (κ3) is 2.15. The second kappa shape index (κ2) is 3.60. The first-order chi connectivity index (χ1) is 4.70. The van der Waals surface area contributed by atoms with Gasteiger partial charge in [-0.3, -0.25) is 0 Å². The molecule has 4 heteroatoms. The van der Waals surface area contributed by atoms with E-state index in [1.165, 1.54) is 0 Å². The van der Waals surface area contributed by atoms with Gasteiger partial charge in [0.25, 0.3) is 0 Å². The Hall–Kier alpha value is 0.270.